The minimum absolute atomic E-state index is 0.0704. The van der Waals surface area contributed by atoms with E-state index in [1.165, 1.54) is 11.3 Å². The first kappa shape index (κ1) is 16.4. The van der Waals surface area contributed by atoms with Crippen molar-refractivity contribution in [1.82, 2.24) is 4.57 Å². The van der Waals surface area contributed by atoms with Gasteiger partial charge in [-0.15, -0.1) is 0 Å². The number of hydrogen-bond donors (Lipinski definition) is 1. The van der Waals surface area contributed by atoms with Crippen LogP contribution < -0.4 is 0 Å². The van der Waals surface area contributed by atoms with E-state index in [9.17, 15) is 5.11 Å². The van der Waals surface area contributed by atoms with E-state index in [0.717, 1.165) is 15.8 Å². The van der Waals surface area contributed by atoms with E-state index >= 15 is 0 Å². The van der Waals surface area contributed by atoms with Crippen molar-refractivity contribution in [2.24, 2.45) is 4.99 Å². The Morgan fingerprint density at radius 1 is 1.22 bits per heavy atom. The zero-order chi connectivity index (χ0) is 16.4. The van der Waals surface area contributed by atoms with Crippen molar-refractivity contribution in [3.8, 4) is 11.6 Å². The highest BCUT2D eigenvalue weighted by Gasteiger charge is 2.11. The minimum Gasteiger partial charge on any atom is -0.493 e. The Balaban J connectivity index is 1.98. The maximum absolute atomic E-state index is 10.4. The molecule has 1 heterocycles. The maximum atomic E-state index is 10.4. The van der Waals surface area contributed by atoms with Gasteiger partial charge in [-0.2, -0.15) is 0 Å². The molecule has 0 radical (unpaired) electrons. The number of hydrogen-bond acceptors (Lipinski definition) is 4. The third-order valence-corrected chi connectivity index (χ3v) is 5.08. The molecule has 3 nitrogen and oxygen atoms in total. The number of aromatic hydroxyl groups is 1. The summed E-state index contributed by atoms with van der Waals surface area (Å²) in [5.74, 6) is 0.0704. The van der Waals surface area contributed by atoms with Crippen molar-refractivity contribution in [2.45, 2.75) is 0 Å². The molecule has 0 atom stereocenters. The van der Waals surface area contributed by atoms with Crippen LogP contribution in [0.15, 0.2) is 58.0 Å². The van der Waals surface area contributed by atoms with E-state index in [1.54, 1.807) is 35.0 Å². The van der Waals surface area contributed by atoms with Crippen LogP contribution in [0.3, 0.4) is 0 Å². The third-order valence-electron chi connectivity index (χ3n) is 3.04. The minimum atomic E-state index is 0.0704. The smallest absolute Gasteiger partial charge is 0.216 e. The Hall–Kier alpha value is -1.47. The predicted octanol–water partition coefficient (Wildman–Crippen LogP) is 6.14. The van der Waals surface area contributed by atoms with Crippen molar-refractivity contribution in [1.29, 1.82) is 0 Å². The summed E-state index contributed by atoms with van der Waals surface area (Å²) < 4.78 is 3.08. The SMILES string of the molecule is Oc1c(C=Nc2cccc(Br)c2)sc(=S)n1-c1ccc(Cl)cc1. The summed E-state index contributed by atoms with van der Waals surface area (Å²) in [6.45, 7) is 0. The molecule has 0 saturated heterocycles. The summed E-state index contributed by atoms with van der Waals surface area (Å²) in [5.41, 5.74) is 1.55. The summed E-state index contributed by atoms with van der Waals surface area (Å²) >= 11 is 15.9. The molecule has 0 saturated carbocycles. The lowest BCUT2D eigenvalue weighted by molar-refractivity contribution is 0.441. The van der Waals surface area contributed by atoms with Crippen LogP contribution >= 0.6 is 51.1 Å². The van der Waals surface area contributed by atoms with Gasteiger partial charge in [0, 0.05) is 9.50 Å². The van der Waals surface area contributed by atoms with E-state index in [0.29, 0.717) is 13.9 Å². The van der Waals surface area contributed by atoms with Crippen molar-refractivity contribution >= 4 is 63.0 Å². The lowest BCUT2D eigenvalue weighted by Crippen LogP contribution is -1.92. The second-order valence-corrected chi connectivity index (χ2v) is 7.63. The molecule has 0 bridgehead atoms. The molecule has 0 aliphatic rings. The predicted molar refractivity (Wildman–Crippen MR) is 103 cm³/mol. The van der Waals surface area contributed by atoms with Crippen LogP contribution in [-0.2, 0) is 0 Å². The molecule has 3 aromatic rings. The zero-order valence-electron chi connectivity index (χ0n) is 11.6. The van der Waals surface area contributed by atoms with Crippen molar-refractivity contribution < 1.29 is 5.11 Å². The van der Waals surface area contributed by atoms with Gasteiger partial charge in [-0.1, -0.05) is 44.9 Å². The van der Waals surface area contributed by atoms with Gasteiger partial charge in [0.15, 0.2) is 3.95 Å². The number of nitrogens with zero attached hydrogens (tertiary/aromatic N) is 2. The fourth-order valence-corrected chi connectivity index (χ4v) is 3.71. The van der Waals surface area contributed by atoms with Crippen molar-refractivity contribution in [3.63, 3.8) is 0 Å². The maximum Gasteiger partial charge on any atom is 0.216 e. The van der Waals surface area contributed by atoms with E-state index in [2.05, 4.69) is 20.9 Å². The van der Waals surface area contributed by atoms with Crippen LogP contribution in [0.5, 0.6) is 5.88 Å². The van der Waals surface area contributed by atoms with Crippen LogP contribution in [0.4, 0.5) is 5.69 Å². The lowest BCUT2D eigenvalue weighted by Gasteiger charge is -2.04. The number of rotatable bonds is 3. The van der Waals surface area contributed by atoms with Crippen LogP contribution in [0.2, 0.25) is 5.02 Å². The van der Waals surface area contributed by atoms with E-state index < -0.39 is 0 Å². The van der Waals surface area contributed by atoms with E-state index in [-0.39, 0.29) is 5.88 Å². The Morgan fingerprint density at radius 3 is 2.65 bits per heavy atom. The fourth-order valence-electron chi connectivity index (χ4n) is 1.97. The lowest BCUT2D eigenvalue weighted by atomic mass is 10.3. The number of benzene rings is 2. The highest BCUT2D eigenvalue weighted by Crippen LogP contribution is 2.29. The van der Waals surface area contributed by atoms with Crippen LogP contribution in [0.1, 0.15) is 4.88 Å². The van der Waals surface area contributed by atoms with E-state index in [1.807, 2.05) is 24.3 Å². The van der Waals surface area contributed by atoms with E-state index in [4.69, 9.17) is 23.8 Å². The summed E-state index contributed by atoms with van der Waals surface area (Å²) in [7, 11) is 0. The van der Waals surface area contributed by atoms with Crippen LogP contribution in [-0.4, -0.2) is 15.9 Å². The molecule has 7 heteroatoms. The molecule has 0 fully saturated rings. The molecule has 23 heavy (non-hydrogen) atoms. The topological polar surface area (TPSA) is 37.5 Å². The van der Waals surface area contributed by atoms with Gasteiger partial charge in [0.1, 0.15) is 4.88 Å². The first-order valence-electron chi connectivity index (χ1n) is 6.55. The number of thiazole rings is 1. The summed E-state index contributed by atoms with van der Waals surface area (Å²) in [4.78, 5) is 4.98. The zero-order valence-corrected chi connectivity index (χ0v) is 15.6. The van der Waals surface area contributed by atoms with Gasteiger partial charge in [-0.3, -0.25) is 9.56 Å². The standard InChI is InChI=1S/C16H10BrClN2OS2/c17-10-2-1-3-12(8-10)19-9-14-15(21)20(16(22)23-14)13-6-4-11(18)5-7-13/h1-9,21H. The second-order valence-electron chi connectivity index (χ2n) is 4.61. The fraction of sp³-hybridized carbons (Fsp3) is 0. The highest BCUT2D eigenvalue weighted by molar-refractivity contribution is 9.10. The Kier molecular flexibility index (Phi) is 4.96. The first-order chi connectivity index (χ1) is 11.0. The molecule has 0 aliphatic carbocycles. The van der Waals surface area contributed by atoms with Crippen molar-refractivity contribution in [2.75, 3.05) is 0 Å². The Bertz CT molecular complexity index is 932. The quantitative estimate of drug-likeness (QED) is 0.404. The molecule has 0 spiro atoms. The number of aliphatic imine (C=N–C) groups is 1. The third kappa shape index (κ3) is 3.72. The summed E-state index contributed by atoms with van der Waals surface area (Å²) in [5, 5.41) is 11.1. The normalized spacial score (nSPS) is 11.2. The number of aromatic nitrogens is 1. The largest absolute Gasteiger partial charge is 0.493 e. The Labute approximate surface area is 155 Å². The molecule has 116 valence electrons. The van der Waals surface area contributed by atoms with Crippen LogP contribution in [0.25, 0.3) is 5.69 Å². The summed E-state index contributed by atoms with van der Waals surface area (Å²) in [6, 6.07) is 14.7. The Morgan fingerprint density at radius 2 is 1.96 bits per heavy atom. The number of halogens is 2. The van der Waals surface area contributed by atoms with Gasteiger partial charge >= 0.3 is 0 Å². The van der Waals surface area contributed by atoms with Gasteiger partial charge in [0.25, 0.3) is 0 Å². The van der Waals surface area contributed by atoms with Gasteiger partial charge in [-0.05, 0) is 54.7 Å². The molecule has 1 aromatic heterocycles. The van der Waals surface area contributed by atoms with Gasteiger partial charge in [-0.25, -0.2) is 0 Å². The molecule has 0 amide bonds. The average Bonchev–Trinajstić information content (AvgIpc) is 2.81. The second kappa shape index (κ2) is 6.97. The molecular formula is C16H10BrClN2OS2. The highest BCUT2D eigenvalue weighted by atomic mass is 79.9. The average molecular weight is 426 g/mol. The summed E-state index contributed by atoms with van der Waals surface area (Å²) in [6.07, 6.45) is 1.62. The molecule has 3 rings (SSSR count). The van der Waals surface area contributed by atoms with Gasteiger partial charge in [0.05, 0.1) is 17.6 Å². The first-order valence-corrected chi connectivity index (χ1v) is 8.94. The molecular weight excluding hydrogens is 416 g/mol. The molecule has 0 aliphatic heterocycles. The van der Waals surface area contributed by atoms with Gasteiger partial charge in [0.2, 0.25) is 5.88 Å². The van der Waals surface area contributed by atoms with Gasteiger partial charge < -0.3 is 5.11 Å². The molecule has 2 aromatic carbocycles. The van der Waals surface area contributed by atoms with Crippen LogP contribution in [0, 0.1) is 3.95 Å². The molecule has 0 unspecified atom stereocenters. The molecule has 1 N–H and O–H groups in total. The van der Waals surface area contributed by atoms with Crippen molar-refractivity contribution in [3.05, 3.63) is 66.9 Å². The monoisotopic (exact) mass is 424 g/mol.